The second-order valence-corrected chi connectivity index (χ2v) is 5.83. The molecule has 0 radical (unpaired) electrons. The first kappa shape index (κ1) is 15.9. The van der Waals surface area contributed by atoms with E-state index in [1.54, 1.807) is 6.07 Å². The number of aromatic nitrogens is 3. The van der Waals surface area contributed by atoms with Crippen LogP contribution in [0.4, 0.5) is 5.69 Å². The van der Waals surface area contributed by atoms with Crippen molar-refractivity contribution in [1.29, 1.82) is 0 Å². The van der Waals surface area contributed by atoms with Crippen molar-refractivity contribution in [2.45, 2.75) is 4.90 Å². The maximum Gasteiger partial charge on any atom is 0.315 e. The van der Waals surface area contributed by atoms with E-state index in [1.807, 2.05) is 24.3 Å². The number of nitrogens with zero attached hydrogens (tertiary/aromatic N) is 4. The van der Waals surface area contributed by atoms with E-state index >= 15 is 0 Å². The number of hydrogen-bond acceptors (Lipinski definition) is 7. The fraction of sp³-hybridized carbons (Fsp3) is 0.133. The first-order valence-corrected chi connectivity index (χ1v) is 7.87. The molecule has 0 amide bonds. The Balaban J connectivity index is 2.00. The maximum atomic E-state index is 11.3. The van der Waals surface area contributed by atoms with Gasteiger partial charge in [0.2, 0.25) is 0 Å². The van der Waals surface area contributed by atoms with Crippen LogP contribution in [0.25, 0.3) is 16.7 Å². The van der Waals surface area contributed by atoms with Gasteiger partial charge in [-0.2, -0.15) is 4.80 Å². The van der Waals surface area contributed by atoms with Gasteiger partial charge in [0.25, 0.3) is 5.69 Å². The number of ether oxygens (including phenoxy) is 1. The largest absolute Gasteiger partial charge is 0.468 e. The Bertz CT molecular complexity index is 892. The Labute approximate surface area is 140 Å². The molecule has 0 unspecified atom stereocenters. The van der Waals surface area contributed by atoms with Gasteiger partial charge in [0.15, 0.2) is 0 Å². The molecule has 0 spiro atoms. The van der Waals surface area contributed by atoms with Crippen LogP contribution in [0.2, 0.25) is 0 Å². The van der Waals surface area contributed by atoms with E-state index in [4.69, 9.17) is 0 Å². The number of methoxy groups -OCH3 is 1. The highest BCUT2D eigenvalue weighted by Gasteiger charge is 2.14. The number of nitro groups is 1. The van der Waals surface area contributed by atoms with Crippen LogP contribution in [0.15, 0.2) is 47.4 Å². The Morgan fingerprint density at radius 1 is 1.25 bits per heavy atom. The molecule has 0 bridgehead atoms. The number of nitro benzene ring substituents is 1. The van der Waals surface area contributed by atoms with E-state index in [0.717, 1.165) is 11.8 Å². The molecule has 0 aliphatic carbocycles. The van der Waals surface area contributed by atoms with Gasteiger partial charge in [0, 0.05) is 17.0 Å². The van der Waals surface area contributed by atoms with Crippen molar-refractivity contribution >= 4 is 34.5 Å². The van der Waals surface area contributed by atoms with Gasteiger partial charge in [-0.15, -0.1) is 22.0 Å². The molecule has 24 heavy (non-hydrogen) atoms. The second kappa shape index (κ2) is 6.67. The molecule has 0 atom stereocenters. The van der Waals surface area contributed by atoms with Crippen molar-refractivity contribution in [2.24, 2.45) is 0 Å². The molecule has 3 aromatic rings. The number of esters is 1. The molecular formula is C15H12N4O4S. The SMILES string of the molecule is COC(=O)CSc1cc(-n2nc3ccccc3n2)cc([N+](=O)[O-])c1. The first-order chi connectivity index (χ1) is 11.6. The number of fused-ring (bicyclic) bond motifs is 1. The average molecular weight is 344 g/mol. The van der Waals surface area contributed by atoms with Crippen molar-refractivity contribution < 1.29 is 14.5 Å². The lowest BCUT2D eigenvalue weighted by Gasteiger charge is -2.04. The zero-order chi connectivity index (χ0) is 17.1. The number of non-ortho nitro benzene ring substituents is 1. The highest BCUT2D eigenvalue weighted by Crippen LogP contribution is 2.27. The van der Waals surface area contributed by atoms with Gasteiger partial charge in [-0.1, -0.05) is 12.1 Å². The summed E-state index contributed by atoms with van der Waals surface area (Å²) >= 11 is 1.15. The fourth-order valence-electron chi connectivity index (χ4n) is 2.05. The molecular weight excluding hydrogens is 332 g/mol. The smallest absolute Gasteiger partial charge is 0.315 e. The standard InChI is InChI=1S/C15H12N4O4S/c1-23-15(20)9-24-12-7-10(6-11(8-12)19(21)22)18-16-13-4-2-3-5-14(13)17-18/h2-8H,9H2,1H3. The molecule has 1 heterocycles. The van der Waals surface area contributed by atoms with Crippen molar-refractivity contribution in [3.05, 3.63) is 52.6 Å². The summed E-state index contributed by atoms with van der Waals surface area (Å²) < 4.78 is 4.58. The molecule has 0 saturated carbocycles. The molecule has 9 heteroatoms. The number of benzene rings is 2. The summed E-state index contributed by atoms with van der Waals surface area (Å²) in [6.07, 6.45) is 0. The molecule has 0 saturated heterocycles. The van der Waals surface area contributed by atoms with Gasteiger partial charge >= 0.3 is 5.97 Å². The summed E-state index contributed by atoms with van der Waals surface area (Å²) in [7, 11) is 1.29. The summed E-state index contributed by atoms with van der Waals surface area (Å²) in [4.78, 5) is 23.8. The van der Waals surface area contributed by atoms with Crippen LogP contribution < -0.4 is 0 Å². The highest BCUT2D eigenvalue weighted by atomic mass is 32.2. The van der Waals surface area contributed by atoms with E-state index in [-0.39, 0.29) is 11.4 Å². The number of thioether (sulfide) groups is 1. The van der Waals surface area contributed by atoms with E-state index in [1.165, 1.54) is 24.0 Å². The van der Waals surface area contributed by atoms with Crippen LogP contribution in [-0.4, -0.2) is 38.7 Å². The minimum atomic E-state index is -0.491. The third-order valence-electron chi connectivity index (χ3n) is 3.19. The molecule has 8 nitrogen and oxygen atoms in total. The maximum absolute atomic E-state index is 11.3. The van der Waals surface area contributed by atoms with E-state index in [2.05, 4.69) is 14.9 Å². The molecule has 122 valence electrons. The Kier molecular flexibility index (Phi) is 4.43. The van der Waals surface area contributed by atoms with Crippen LogP contribution in [0.5, 0.6) is 0 Å². The third-order valence-corrected chi connectivity index (χ3v) is 4.14. The summed E-state index contributed by atoms with van der Waals surface area (Å²) in [6.45, 7) is 0. The zero-order valence-electron chi connectivity index (χ0n) is 12.6. The third kappa shape index (κ3) is 3.35. The first-order valence-electron chi connectivity index (χ1n) is 6.88. The fourth-order valence-corrected chi connectivity index (χ4v) is 2.86. The molecule has 0 N–H and O–H groups in total. The van der Waals surface area contributed by atoms with Crippen molar-refractivity contribution in [3.63, 3.8) is 0 Å². The second-order valence-electron chi connectivity index (χ2n) is 4.79. The molecule has 3 rings (SSSR count). The minimum absolute atomic E-state index is 0.0611. The summed E-state index contributed by atoms with van der Waals surface area (Å²) in [5.74, 6) is -0.345. The normalized spacial score (nSPS) is 10.7. The van der Waals surface area contributed by atoms with E-state index < -0.39 is 10.9 Å². The Morgan fingerprint density at radius 3 is 2.50 bits per heavy atom. The minimum Gasteiger partial charge on any atom is -0.468 e. The number of hydrogen-bond donors (Lipinski definition) is 0. The Morgan fingerprint density at radius 2 is 1.92 bits per heavy atom. The Hall–Kier alpha value is -2.94. The van der Waals surface area contributed by atoms with Gasteiger partial charge in [0.05, 0.1) is 23.5 Å². The van der Waals surface area contributed by atoms with Crippen molar-refractivity contribution in [1.82, 2.24) is 15.0 Å². The van der Waals surface area contributed by atoms with E-state index in [0.29, 0.717) is 21.6 Å². The van der Waals surface area contributed by atoms with Gasteiger partial charge in [0.1, 0.15) is 11.0 Å². The zero-order valence-corrected chi connectivity index (χ0v) is 13.4. The lowest BCUT2D eigenvalue weighted by atomic mass is 10.3. The van der Waals surface area contributed by atoms with Gasteiger partial charge in [-0.3, -0.25) is 14.9 Å². The van der Waals surface area contributed by atoms with Gasteiger partial charge in [-0.05, 0) is 18.2 Å². The lowest BCUT2D eigenvalue weighted by molar-refractivity contribution is -0.385. The highest BCUT2D eigenvalue weighted by molar-refractivity contribution is 8.00. The number of rotatable bonds is 5. The quantitative estimate of drug-likeness (QED) is 0.303. The van der Waals surface area contributed by atoms with Crippen LogP contribution >= 0.6 is 11.8 Å². The predicted molar refractivity (Wildman–Crippen MR) is 88.3 cm³/mol. The van der Waals surface area contributed by atoms with Crippen molar-refractivity contribution in [3.8, 4) is 5.69 Å². The van der Waals surface area contributed by atoms with Crippen LogP contribution in [0.3, 0.4) is 0 Å². The summed E-state index contributed by atoms with van der Waals surface area (Å²) in [5, 5.41) is 19.8. The summed E-state index contributed by atoms with van der Waals surface area (Å²) in [6, 6.07) is 11.8. The average Bonchev–Trinajstić information content (AvgIpc) is 3.03. The topological polar surface area (TPSA) is 100 Å². The molecule has 2 aromatic carbocycles. The molecule has 1 aromatic heterocycles. The molecule has 0 aliphatic rings. The van der Waals surface area contributed by atoms with Gasteiger partial charge in [-0.25, -0.2) is 0 Å². The van der Waals surface area contributed by atoms with Crippen LogP contribution in [0.1, 0.15) is 0 Å². The van der Waals surface area contributed by atoms with Gasteiger partial charge < -0.3 is 4.74 Å². The van der Waals surface area contributed by atoms with Crippen molar-refractivity contribution in [2.75, 3.05) is 12.9 Å². The number of carbonyl (C=O) groups is 1. The molecule has 0 aliphatic heterocycles. The summed E-state index contributed by atoms with van der Waals surface area (Å²) in [5.41, 5.74) is 1.73. The lowest BCUT2D eigenvalue weighted by Crippen LogP contribution is -2.04. The van der Waals surface area contributed by atoms with E-state index in [9.17, 15) is 14.9 Å². The predicted octanol–water partition coefficient (Wildman–Crippen LogP) is 2.59. The molecule has 0 fully saturated rings. The van der Waals surface area contributed by atoms with Crippen LogP contribution in [-0.2, 0) is 9.53 Å². The monoisotopic (exact) mass is 344 g/mol. The number of carbonyl (C=O) groups excluding carboxylic acids is 1. The van der Waals surface area contributed by atoms with Crippen LogP contribution in [0, 0.1) is 10.1 Å².